The van der Waals surface area contributed by atoms with Gasteiger partial charge in [0.1, 0.15) is 11.0 Å². The number of anilines is 1. The van der Waals surface area contributed by atoms with Crippen LogP contribution in [0.2, 0.25) is 5.15 Å². The Morgan fingerprint density at radius 2 is 2.42 bits per heavy atom. The molecular formula is C7H4ClIN2O. The van der Waals surface area contributed by atoms with Gasteiger partial charge < -0.3 is 5.32 Å². The number of carbonyl (C=O) groups is 1. The van der Waals surface area contributed by atoms with Crippen molar-refractivity contribution >= 4 is 45.9 Å². The van der Waals surface area contributed by atoms with Gasteiger partial charge in [-0.3, -0.25) is 4.79 Å². The number of halogens is 2. The molecule has 2 rings (SSSR count). The van der Waals surface area contributed by atoms with Crippen LogP contribution in [0, 0.1) is 3.57 Å². The Hall–Kier alpha value is -0.360. The fraction of sp³-hybridized carbons (Fsp3) is 0.143. The summed E-state index contributed by atoms with van der Waals surface area (Å²) in [5.74, 6) is 0.592. The maximum absolute atomic E-state index is 11.0. The molecule has 2 heterocycles. The second-order valence-corrected chi connectivity index (χ2v) is 4.03. The zero-order chi connectivity index (χ0) is 8.72. The number of pyridine rings is 1. The van der Waals surface area contributed by atoms with Crippen LogP contribution in [0.4, 0.5) is 5.82 Å². The van der Waals surface area contributed by atoms with E-state index in [4.69, 9.17) is 11.6 Å². The van der Waals surface area contributed by atoms with Crippen LogP contribution in [0.15, 0.2) is 6.07 Å². The number of hydrogen-bond donors (Lipinski definition) is 1. The van der Waals surface area contributed by atoms with Gasteiger partial charge in [-0.05, 0) is 28.7 Å². The third-order valence-electron chi connectivity index (χ3n) is 1.63. The van der Waals surface area contributed by atoms with Gasteiger partial charge in [0.2, 0.25) is 5.91 Å². The van der Waals surface area contributed by atoms with E-state index in [1.807, 2.05) is 0 Å². The molecule has 0 atom stereocenters. The average molecular weight is 294 g/mol. The quantitative estimate of drug-likeness (QED) is 0.586. The Labute approximate surface area is 87.7 Å². The molecule has 0 aliphatic carbocycles. The van der Waals surface area contributed by atoms with Crippen molar-refractivity contribution in [3.8, 4) is 0 Å². The molecule has 0 radical (unpaired) electrons. The number of rotatable bonds is 0. The number of aromatic nitrogens is 1. The third-order valence-corrected chi connectivity index (χ3v) is 2.79. The largest absolute Gasteiger partial charge is 0.310 e. The Morgan fingerprint density at radius 1 is 1.67 bits per heavy atom. The molecule has 3 nitrogen and oxygen atoms in total. The summed E-state index contributed by atoms with van der Waals surface area (Å²) in [5, 5.41) is 3.06. The van der Waals surface area contributed by atoms with Crippen molar-refractivity contribution in [2.24, 2.45) is 0 Å². The Morgan fingerprint density at radius 3 is 3.17 bits per heavy atom. The molecular weight excluding hydrogens is 290 g/mol. The maximum Gasteiger partial charge on any atom is 0.230 e. The van der Waals surface area contributed by atoms with Crippen molar-refractivity contribution in [2.75, 3.05) is 5.32 Å². The van der Waals surface area contributed by atoms with Gasteiger partial charge in [-0.1, -0.05) is 11.6 Å². The van der Waals surface area contributed by atoms with Gasteiger partial charge >= 0.3 is 0 Å². The fourth-order valence-electron chi connectivity index (χ4n) is 1.12. The van der Waals surface area contributed by atoms with Crippen molar-refractivity contribution in [3.05, 3.63) is 20.4 Å². The van der Waals surface area contributed by atoms with Crippen LogP contribution >= 0.6 is 34.2 Å². The lowest BCUT2D eigenvalue weighted by Gasteiger charge is -1.99. The van der Waals surface area contributed by atoms with Crippen LogP contribution in [-0.2, 0) is 11.2 Å². The normalized spacial score (nSPS) is 14.3. The van der Waals surface area contributed by atoms with Crippen molar-refractivity contribution < 1.29 is 4.79 Å². The molecule has 1 amide bonds. The minimum atomic E-state index is -0.0160. The highest BCUT2D eigenvalue weighted by Crippen LogP contribution is 2.27. The smallest absolute Gasteiger partial charge is 0.230 e. The molecule has 62 valence electrons. The Balaban J connectivity index is 2.59. The fourth-order valence-corrected chi connectivity index (χ4v) is 2.24. The van der Waals surface area contributed by atoms with Gasteiger partial charge in [0, 0.05) is 9.13 Å². The lowest BCUT2D eigenvalue weighted by molar-refractivity contribution is -0.115. The highest BCUT2D eigenvalue weighted by Gasteiger charge is 2.21. The van der Waals surface area contributed by atoms with Crippen LogP contribution in [0.25, 0.3) is 0 Å². The number of hydrogen-bond acceptors (Lipinski definition) is 2. The first-order chi connectivity index (χ1) is 5.66. The molecule has 0 saturated heterocycles. The summed E-state index contributed by atoms with van der Waals surface area (Å²) in [6.07, 6.45) is 0.414. The number of carbonyl (C=O) groups excluding carboxylic acids is 1. The van der Waals surface area contributed by atoms with Gasteiger partial charge in [-0.2, -0.15) is 0 Å². The van der Waals surface area contributed by atoms with E-state index in [0.29, 0.717) is 17.4 Å². The molecule has 1 aromatic heterocycles. The topological polar surface area (TPSA) is 42.0 Å². The van der Waals surface area contributed by atoms with E-state index in [9.17, 15) is 4.79 Å². The van der Waals surface area contributed by atoms with Gasteiger partial charge in [-0.15, -0.1) is 0 Å². The highest BCUT2D eigenvalue weighted by molar-refractivity contribution is 14.1. The number of fused-ring (bicyclic) bond motifs is 1. The van der Waals surface area contributed by atoms with Crippen molar-refractivity contribution in [1.29, 1.82) is 0 Å². The summed E-state index contributed by atoms with van der Waals surface area (Å²) in [6.45, 7) is 0. The molecule has 0 unspecified atom stereocenters. The van der Waals surface area contributed by atoms with E-state index in [-0.39, 0.29) is 5.91 Å². The number of amides is 1. The first kappa shape index (κ1) is 8.25. The average Bonchev–Trinajstić information content (AvgIpc) is 2.29. The monoisotopic (exact) mass is 294 g/mol. The molecule has 12 heavy (non-hydrogen) atoms. The van der Waals surface area contributed by atoms with Crippen LogP contribution in [0.1, 0.15) is 5.56 Å². The summed E-state index contributed by atoms with van der Waals surface area (Å²) < 4.78 is 0.987. The first-order valence-corrected chi connectivity index (χ1v) is 4.77. The highest BCUT2D eigenvalue weighted by atomic mass is 127. The SMILES string of the molecule is O=C1Cc2c(I)cc(Cl)nc2N1. The molecule has 5 heteroatoms. The summed E-state index contributed by atoms with van der Waals surface area (Å²) >= 11 is 7.85. The van der Waals surface area contributed by atoms with E-state index in [1.54, 1.807) is 6.07 Å². The summed E-state index contributed by atoms with van der Waals surface area (Å²) in [4.78, 5) is 15.0. The van der Waals surface area contributed by atoms with E-state index >= 15 is 0 Å². The molecule has 0 aromatic carbocycles. The van der Waals surface area contributed by atoms with Gasteiger partial charge in [-0.25, -0.2) is 4.98 Å². The molecule has 1 aliphatic rings. The third kappa shape index (κ3) is 1.29. The zero-order valence-corrected chi connectivity index (χ0v) is 8.81. The summed E-state index contributed by atoms with van der Waals surface area (Å²) in [6, 6.07) is 1.75. The van der Waals surface area contributed by atoms with Gasteiger partial charge in [0.15, 0.2) is 0 Å². The summed E-state index contributed by atoms with van der Waals surface area (Å²) in [7, 11) is 0. The van der Waals surface area contributed by atoms with Gasteiger partial charge in [0.05, 0.1) is 6.42 Å². The molecule has 0 fully saturated rings. The van der Waals surface area contributed by atoms with E-state index in [0.717, 1.165) is 9.13 Å². The van der Waals surface area contributed by atoms with E-state index in [2.05, 4.69) is 32.9 Å². The predicted octanol–water partition coefficient (Wildman–Crippen LogP) is 1.83. The molecule has 0 spiro atoms. The second kappa shape index (κ2) is 2.85. The van der Waals surface area contributed by atoms with Gasteiger partial charge in [0.25, 0.3) is 0 Å². The lowest BCUT2D eigenvalue weighted by atomic mass is 10.2. The Kier molecular flexibility index (Phi) is 1.96. The molecule has 0 saturated carbocycles. The standard InChI is InChI=1S/C7H4ClIN2O/c8-5-2-4(9)3-1-6(12)11-7(3)10-5/h2H,1H2,(H,10,11,12). The van der Waals surface area contributed by atoms with Crippen LogP contribution in [0.3, 0.4) is 0 Å². The number of nitrogens with one attached hydrogen (secondary N) is 1. The summed E-state index contributed by atoms with van der Waals surface area (Å²) in [5.41, 5.74) is 0.949. The minimum Gasteiger partial charge on any atom is -0.310 e. The lowest BCUT2D eigenvalue weighted by Crippen LogP contribution is -2.04. The first-order valence-electron chi connectivity index (χ1n) is 3.31. The minimum absolute atomic E-state index is 0.0160. The van der Waals surface area contributed by atoms with E-state index in [1.165, 1.54) is 0 Å². The van der Waals surface area contributed by atoms with Crippen LogP contribution in [0.5, 0.6) is 0 Å². The molecule has 1 aliphatic heterocycles. The predicted molar refractivity (Wildman–Crippen MR) is 54.3 cm³/mol. The van der Waals surface area contributed by atoms with Crippen LogP contribution < -0.4 is 5.32 Å². The Bertz CT molecular complexity index is 367. The number of nitrogens with zero attached hydrogens (tertiary/aromatic N) is 1. The van der Waals surface area contributed by atoms with Crippen molar-refractivity contribution in [1.82, 2.24) is 4.98 Å². The van der Waals surface area contributed by atoms with E-state index < -0.39 is 0 Å². The van der Waals surface area contributed by atoms with Crippen LogP contribution in [-0.4, -0.2) is 10.9 Å². The van der Waals surface area contributed by atoms with Crippen molar-refractivity contribution in [2.45, 2.75) is 6.42 Å². The van der Waals surface area contributed by atoms with Crippen molar-refractivity contribution in [3.63, 3.8) is 0 Å². The molecule has 1 N–H and O–H groups in total. The maximum atomic E-state index is 11.0. The zero-order valence-electron chi connectivity index (χ0n) is 5.90. The second-order valence-electron chi connectivity index (χ2n) is 2.48. The molecule has 1 aromatic rings. The molecule has 0 bridgehead atoms.